The highest BCUT2D eigenvalue weighted by atomic mass is 35.7. The fourth-order valence-corrected chi connectivity index (χ4v) is 7.44. The second-order valence-electron chi connectivity index (χ2n) is 8.87. The summed E-state index contributed by atoms with van der Waals surface area (Å²) in [4.78, 5) is 40.0. The number of Topliss-reactive ketones (excluding diaryl/α,β-unsaturated/α-hetero) is 3. The smallest absolute Gasteiger partial charge is 0.299 e. The molecule has 0 rings (SSSR count). The summed E-state index contributed by atoms with van der Waals surface area (Å²) in [7, 11) is 12.8. The molecular weight excluding hydrogens is 446 g/mol. The summed E-state index contributed by atoms with van der Waals surface area (Å²) in [6, 6.07) is 0. The monoisotopic (exact) mass is 490 g/mol. The largest absolute Gasteiger partial charge is 0.550 e. The van der Waals surface area contributed by atoms with E-state index in [1.807, 2.05) is 0 Å². The van der Waals surface area contributed by atoms with Crippen LogP contribution in [0.25, 0.3) is 0 Å². The van der Waals surface area contributed by atoms with E-state index in [1.165, 1.54) is 0 Å². The van der Waals surface area contributed by atoms with E-state index >= 15 is 0 Å². The highest BCUT2D eigenvalue weighted by Crippen LogP contribution is 2.42. The van der Waals surface area contributed by atoms with Gasteiger partial charge in [0.1, 0.15) is 21.6 Å². The predicted molar refractivity (Wildman–Crippen MR) is 135 cm³/mol. The highest BCUT2D eigenvalue weighted by molar-refractivity contribution is 7.38. The summed E-state index contributed by atoms with van der Waals surface area (Å²) < 4.78 is -1.73. The van der Waals surface area contributed by atoms with Crippen molar-refractivity contribution < 1.29 is 14.4 Å². The van der Waals surface area contributed by atoms with E-state index in [-0.39, 0.29) is 36.6 Å². The van der Waals surface area contributed by atoms with Crippen LogP contribution in [0.5, 0.6) is 0 Å². The molecule has 0 radical (unpaired) electrons. The molecule has 0 saturated carbocycles. The van der Waals surface area contributed by atoms with Crippen molar-refractivity contribution >= 4 is 49.8 Å². The Bertz CT molecular complexity index is 444. The molecule has 0 aromatic heterocycles. The van der Waals surface area contributed by atoms with Crippen LogP contribution in [0.1, 0.15) is 136 Å². The fourth-order valence-electron chi connectivity index (χ4n) is 4.09. The van der Waals surface area contributed by atoms with Crippen LogP contribution in [0.15, 0.2) is 0 Å². The molecule has 0 atom stereocenters. The van der Waals surface area contributed by atoms with E-state index in [4.69, 9.17) is 20.1 Å². The van der Waals surface area contributed by atoms with Gasteiger partial charge >= 0.3 is 12.3 Å². The van der Waals surface area contributed by atoms with Gasteiger partial charge in [-0.15, -0.1) is 0 Å². The molecule has 0 aliphatic carbocycles. The highest BCUT2D eigenvalue weighted by Gasteiger charge is 2.58. The van der Waals surface area contributed by atoms with Crippen molar-refractivity contribution in [3.63, 3.8) is 0 Å². The zero-order chi connectivity index (χ0) is 23.5. The lowest BCUT2D eigenvalue weighted by atomic mass is 9.84. The quantitative estimate of drug-likeness (QED) is 0.0867. The van der Waals surface area contributed by atoms with E-state index in [1.54, 1.807) is 0 Å². The van der Waals surface area contributed by atoms with Crippen LogP contribution in [0.4, 0.5) is 0 Å². The van der Waals surface area contributed by atoms with E-state index in [0.717, 1.165) is 77.0 Å². The van der Waals surface area contributed by atoms with Crippen molar-refractivity contribution in [2.45, 2.75) is 141 Å². The number of hydrogen-bond donors (Lipinski definition) is 0. The lowest BCUT2D eigenvalue weighted by molar-refractivity contribution is -0.139. The Morgan fingerprint density at radius 1 is 0.516 bits per heavy atom. The van der Waals surface area contributed by atoms with Crippen molar-refractivity contribution in [3.05, 3.63) is 0 Å². The minimum absolute atomic E-state index is 0.232. The lowest BCUT2D eigenvalue weighted by Gasteiger charge is -2.29. The summed E-state index contributed by atoms with van der Waals surface area (Å²) in [6.45, 7) is 6.43. The first-order valence-corrected chi connectivity index (χ1v) is 16.8. The number of carbonyl (C=O) groups is 3. The second kappa shape index (κ2) is 19.6. The molecule has 0 aromatic rings. The van der Waals surface area contributed by atoms with E-state index in [9.17, 15) is 14.4 Å². The van der Waals surface area contributed by atoms with Crippen molar-refractivity contribution in [3.8, 4) is 0 Å². The molecule has 0 heterocycles. The first-order chi connectivity index (χ1) is 14.9. The first kappa shape index (κ1) is 31.1. The first-order valence-electron chi connectivity index (χ1n) is 12.8. The van der Waals surface area contributed by atoms with E-state index in [2.05, 4.69) is 20.8 Å². The summed E-state index contributed by atoms with van der Waals surface area (Å²) >= 11 is -2.89. The molecular formula is C25H45AlCl2O3. The van der Waals surface area contributed by atoms with Gasteiger partial charge in [0.2, 0.25) is 0 Å². The molecule has 0 unspecified atom stereocenters. The molecule has 3 nitrogen and oxygen atoms in total. The van der Waals surface area contributed by atoms with Gasteiger partial charge < -0.3 is 0 Å². The topological polar surface area (TPSA) is 51.2 Å². The molecule has 31 heavy (non-hydrogen) atoms. The normalized spacial score (nSPS) is 11.5. The minimum Gasteiger partial charge on any atom is -0.299 e. The number of halogens is 2. The van der Waals surface area contributed by atoms with Gasteiger partial charge in [0.05, 0.1) is 0 Å². The Labute approximate surface area is 204 Å². The Kier molecular flexibility index (Phi) is 19.7. The molecule has 0 aromatic carbocycles. The van der Waals surface area contributed by atoms with E-state index in [0.29, 0.717) is 19.3 Å². The lowest BCUT2D eigenvalue weighted by Crippen LogP contribution is -2.46. The summed E-state index contributed by atoms with van der Waals surface area (Å²) in [5, 5.41) is 0. The molecule has 0 aliphatic rings. The Morgan fingerprint density at radius 2 is 0.774 bits per heavy atom. The maximum Gasteiger partial charge on any atom is 0.550 e. The maximum absolute atomic E-state index is 13.3. The standard InChI is InChI=1S/C25H45O3.Al.2ClH/c1-4-7-10-13-16-19-22(26)25(23(27)20-17-14-11-8-5-2)24(28)21-18-15-12-9-6-3;;;/h4-21H2,1-3H3;;2*1H/q;+2;;/p-2. The average Bonchev–Trinajstić information content (AvgIpc) is 2.73. The molecule has 180 valence electrons. The number of unbranched alkanes of at least 4 members (excludes halogenated alkanes) is 12. The molecule has 0 N–H and O–H groups in total. The Hall–Kier alpha value is 0.122. The van der Waals surface area contributed by atoms with Gasteiger partial charge in [0, 0.05) is 19.3 Å². The van der Waals surface area contributed by atoms with Crippen molar-refractivity contribution in [2.75, 3.05) is 0 Å². The van der Waals surface area contributed by atoms with Crippen molar-refractivity contribution in [1.82, 2.24) is 0 Å². The zero-order valence-corrected chi connectivity index (χ0v) is 23.0. The van der Waals surface area contributed by atoms with Gasteiger partial charge in [-0.05, 0) is 19.3 Å². The van der Waals surface area contributed by atoms with Gasteiger partial charge in [-0.3, -0.25) is 14.4 Å². The second-order valence-corrected chi connectivity index (χ2v) is 13.6. The summed E-state index contributed by atoms with van der Waals surface area (Å²) in [5.74, 6) is -0.909. The van der Waals surface area contributed by atoms with Crippen LogP contribution in [0.3, 0.4) is 0 Å². The van der Waals surface area contributed by atoms with Crippen LogP contribution >= 0.6 is 20.1 Å². The number of hydrogen-bond acceptors (Lipinski definition) is 3. The SMILES string of the molecule is CCCCCCCC(=O)[C](C(=O)CCCCCCC)(C(=O)CCCCCCC)[Al]([Cl])[Cl]. The van der Waals surface area contributed by atoms with Crippen LogP contribution in [0.2, 0.25) is 4.28 Å². The average molecular weight is 492 g/mol. The summed E-state index contributed by atoms with van der Waals surface area (Å²) in [5.41, 5.74) is 0. The van der Waals surface area contributed by atoms with Gasteiger partial charge in [0.25, 0.3) is 0 Å². The molecule has 0 fully saturated rings. The van der Waals surface area contributed by atoms with Crippen LogP contribution < -0.4 is 0 Å². The van der Waals surface area contributed by atoms with Crippen LogP contribution in [0, 0.1) is 0 Å². The number of rotatable bonds is 22. The van der Waals surface area contributed by atoms with Crippen LogP contribution in [-0.2, 0) is 14.4 Å². The third-order valence-electron chi connectivity index (χ3n) is 6.17. The van der Waals surface area contributed by atoms with Crippen molar-refractivity contribution in [1.29, 1.82) is 0 Å². The maximum atomic E-state index is 13.3. The fraction of sp³-hybridized carbons (Fsp3) is 0.880. The summed E-state index contributed by atoms with van der Waals surface area (Å²) in [6.07, 6.45) is 15.6. The van der Waals surface area contributed by atoms with Gasteiger partial charge in [-0.1, -0.05) is 97.8 Å². The Morgan fingerprint density at radius 3 is 1.00 bits per heavy atom. The number of ketones is 3. The predicted octanol–water partition coefficient (Wildman–Crippen LogP) is 8.48. The van der Waals surface area contributed by atoms with Crippen molar-refractivity contribution in [2.24, 2.45) is 0 Å². The molecule has 0 saturated heterocycles. The molecule has 0 aliphatic heterocycles. The third-order valence-corrected chi connectivity index (χ3v) is 9.75. The van der Waals surface area contributed by atoms with Crippen LogP contribution in [-0.4, -0.2) is 29.7 Å². The minimum atomic E-state index is -2.89. The van der Waals surface area contributed by atoms with Gasteiger partial charge in [0.15, 0.2) is 0 Å². The Balaban J connectivity index is 5.27. The molecule has 0 spiro atoms. The van der Waals surface area contributed by atoms with Gasteiger partial charge in [-0.2, -0.15) is 0 Å². The third kappa shape index (κ3) is 11.7. The van der Waals surface area contributed by atoms with E-state index < -0.39 is 16.6 Å². The van der Waals surface area contributed by atoms with Gasteiger partial charge in [-0.25, -0.2) is 20.1 Å². The molecule has 0 amide bonds. The number of carbonyl (C=O) groups excluding carboxylic acids is 3. The zero-order valence-electron chi connectivity index (χ0n) is 20.3. The molecule has 6 heteroatoms. The molecule has 0 bridgehead atoms.